The van der Waals surface area contributed by atoms with Gasteiger partial charge in [-0.1, -0.05) is 0 Å². The van der Waals surface area contributed by atoms with E-state index in [1.807, 2.05) is 0 Å². The van der Waals surface area contributed by atoms with Crippen LogP contribution in [0.5, 0.6) is 0 Å². The number of nitrogens with one attached hydrogen (secondary N) is 1. The Morgan fingerprint density at radius 1 is 1.22 bits per heavy atom. The average Bonchev–Trinajstić information content (AvgIpc) is 3.09. The van der Waals surface area contributed by atoms with Gasteiger partial charge in [-0.25, -0.2) is 0 Å². The minimum Gasteiger partial charge on any atom is -0.305 e. The molecule has 2 atom stereocenters. The Kier molecular flexibility index (Phi) is 3.11. The lowest BCUT2D eigenvalue weighted by Gasteiger charge is -2.31. The number of piperidine rings is 1. The number of likely N-dealkylation sites (tertiary alicyclic amines) is 2. The zero-order valence-corrected chi connectivity index (χ0v) is 10.9. The molecule has 3 rings (SSSR count). The van der Waals surface area contributed by atoms with E-state index in [9.17, 15) is 9.59 Å². The molecule has 1 aliphatic carbocycles. The van der Waals surface area contributed by atoms with Gasteiger partial charge >= 0.3 is 0 Å². The molecule has 2 aliphatic heterocycles. The Labute approximate surface area is 107 Å². The van der Waals surface area contributed by atoms with Crippen LogP contribution in [0.1, 0.15) is 32.1 Å². The van der Waals surface area contributed by atoms with E-state index >= 15 is 0 Å². The van der Waals surface area contributed by atoms with Crippen LogP contribution in [0.25, 0.3) is 0 Å². The third-order valence-corrected chi connectivity index (χ3v) is 4.16. The first-order chi connectivity index (χ1) is 8.65. The van der Waals surface area contributed by atoms with Crippen molar-refractivity contribution in [1.82, 2.24) is 15.1 Å². The maximum Gasteiger partial charge on any atom is 0.247 e. The van der Waals surface area contributed by atoms with Gasteiger partial charge in [0.2, 0.25) is 11.8 Å². The number of nitrogens with zero attached hydrogens (tertiary/aromatic N) is 2. The van der Waals surface area contributed by atoms with Crippen molar-refractivity contribution in [1.29, 1.82) is 0 Å². The molecular formula is C13H21N3O2. The van der Waals surface area contributed by atoms with Crippen molar-refractivity contribution in [2.75, 3.05) is 20.1 Å². The van der Waals surface area contributed by atoms with Crippen LogP contribution in [-0.2, 0) is 9.59 Å². The zero-order valence-electron chi connectivity index (χ0n) is 10.9. The quantitative estimate of drug-likeness (QED) is 0.715. The van der Waals surface area contributed by atoms with Crippen molar-refractivity contribution in [3.8, 4) is 0 Å². The Balaban J connectivity index is 1.59. The number of hydrogen-bond acceptors (Lipinski definition) is 4. The molecule has 0 aromatic rings. The maximum atomic E-state index is 12.2. The van der Waals surface area contributed by atoms with E-state index in [0.29, 0.717) is 12.5 Å². The summed E-state index contributed by atoms with van der Waals surface area (Å²) in [6.07, 6.45) is 4.61. The number of carbonyl (C=O) groups is 2. The van der Waals surface area contributed by atoms with Gasteiger partial charge in [-0.2, -0.15) is 0 Å². The predicted molar refractivity (Wildman–Crippen MR) is 66.9 cm³/mol. The number of carbonyl (C=O) groups excluding carboxylic acids is 2. The molecule has 5 heteroatoms. The smallest absolute Gasteiger partial charge is 0.247 e. The molecule has 100 valence electrons. The van der Waals surface area contributed by atoms with Gasteiger partial charge in [0, 0.05) is 18.6 Å². The molecule has 2 saturated heterocycles. The number of hydrogen-bond donors (Lipinski definition) is 1. The SMILES string of the molecule is CN1CCCC(NC2CC(=O)N(C3CC3)C2=O)C1. The molecule has 0 radical (unpaired) electrons. The topological polar surface area (TPSA) is 52.7 Å². The molecule has 0 aromatic carbocycles. The van der Waals surface area contributed by atoms with Gasteiger partial charge in [0.1, 0.15) is 0 Å². The normalized spacial score (nSPS) is 34.4. The molecule has 0 spiro atoms. The fourth-order valence-electron chi connectivity index (χ4n) is 3.08. The van der Waals surface area contributed by atoms with Crippen molar-refractivity contribution in [3.05, 3.63) is 0 Å². The first-order valence-electron chi connectivity index (χ1n) is 6.95. The second-order valence-corrected chi connectivity index (χ2v) is 5.86. The van der Waals surface area contributed by atoms with Gasteiger partial charge in [0.25, 0.3) is 0 Å². The number of rotatable bonds is 3. The van der Waals surface area contributed by atoms with E-state index in [0.717, 1.165) is 38.8 Å². The summed E-state index contributed by atoms with van der Waals surface area (Å²) in [6, 6.07) is 0.296. The lowest BCUT2D eigenvalue weighted by molar-refractivity contribution is -0.139. The summed E-state index contributed by atoms with van der Waals surface area (Å²) < 4.78 is 0. The first kappa shape index (κ1) is 12.1. The predicted octanol–water partition coefficient (Wildman–Crippen LogP) is -0.0399. The van der Waals surface area contributed by atoms with Crippen LogP contribution in [0.15, 0.2) is 0 Å². The van der Waals surface area contributed by atoms with E-state index in [-0.39, 0.29) is 23.9 Å². The van der Waals surface area contributed by atoms with Gasteiger partial charge in [-0.3, -0.25) is 14.5 Å². The second kappa shape index (κ2) is 4.63. The van der Waals surface area contributed by atoms with Crippen LogP contribution in [0.3, 0.4) is 0 Å². The van der Waals surface area contributed by atoms with Gasteiger partial charge < -0.3 is 10.2 Å². The molecule has 3 aliphatic rings. The van der Waals surface area contributed by atoms with Crippen molar-refractivity contribution < 1.29 is 9.59 Å². The average molecular weight is 251 g/mol. The summed E-state index contributed by atoms with van der Waals surface area (Å²) >= 11 is 0. The largest absolute Gasteiger partial charge is 0.305 e. The van der Waals surface area contributed by atoms with E-state index < -0.39 is 0 Å². The Bertz CT molecular complexity index is 367. The standard InChI is InChI=1S/C13H21N3O2/c1-15-6-2-3-9(8-15)14-11-7-12(17)16(13(11)18)10-4-5-10/h9-11,14H,2-8H2,1H3. The number of likely N-dealkylation sites (N-methyl/N-ethyl adjacent to an activating group) is 1. The van der Waals surface area contributed by atoms with E-state index in [2.05, 4.69) is 17.3 Å². The molecule has 0 aromatic heterocycles. The van der Waals surface area contributed by atoms with E-state index in [1.54, 1.807) is 0 Å². The number of imide groups is 1. The van der Waals surface area contributed by atoms with Gasteiger partial charge in [-0.05, 0) is 39.3 Å². The van der Waals surface area contributed by atoms with E-state index in [1.165, 1.54) is 4.90 Å². The first-order valence-corrected chi connectivity index (χ1v) is 6.95. The summed E-state index contributed by atoms with van der Waals surface area (Å²) in [5.74, 6) is 0.0277. The maximum absolute atomic E-state index is 12.2. The van der Waals surface area contributed by atoms with Crippen LogP contribution in [0.2, 0.25) is 0 Å². The van der Waals surface area contributed by atoms with Crippen molar-refractivity contribution in [2.45, 2.75) is 50.2 Å². The van der Waals surface area contributed by atoms with Crippen LogP contribution in [-0.4, -0.2) is 59.9 Å². The van der Waals surface area contributed by atoms with Gasteiger partial charge in [0.15, 0.2) is 0 Å². The van der Waals surface area contributed by atoms with Crippen LogP contribution < -0.4 is 5.32 Å². The molecule has 5 nitrogen and oxygen atoms in total. The van der Waals surface area contributed by atoms with Crippen molar-refractivity contribution in [2.24, 2.45) is 0 Å². The summed E-state index contributed by atoms with van der Waals surface area (Å²) in [7, 11) is 2.10. The molecule has 2 heterocycles. The Morgan fingerprint density at radius 3 is 2.67 bits per heavy atom. The van der Waals surface area contributed by atoms with Crippen molar-refractivity contribution in [3.63, 3.8) is 0 Å². The minimum atomic E-state index is -0.269. The fourth-order valence-corrected chi connectivity index (χ4v) is 3.08. The molecule has 1 N–H and O–H groups in total. The van der Waals surface area contributed by atoms with Crippen LogP contribution in [0.4, 0.5) is 0 Å². The molecule has 18 heavy (non-hydrogen) atoms. The highest BCUT2D eigenvalue weighted by Gasteiger charge is 2.46. The van der Waals surface area contributed by atoms with E-state index in [4.69, 9.17) is 0 Å². The third kappa shape index (κ3) is 2.29. The van der Waals surface area contributed by atoms with Crippen molar-refractivity contribution >= 4 is 11.8 Å². The monoisotopic (exact) mass is 251 g/mol. The lowest BCUT2D eigenvalue weighted by atomic mass is 10.0. The zero-order chi connectivity index (χ0) is 12.7. The second-order valence-electron chi connectivity index (χ2n) is 5.86. The molecule has 2 unspecified atom stereocenters. The molecule has 2 amide bonds. The Morgan fingerprint density at radius 2 is 2.00 bits per heavy atom. The summed E-state index contributed by atoms with van der Waals surface area (Å²) in [5.41, 5.74) is 0. The highest BCUT2D eigenvalue weighted by atomic mass is 16.2. The minimum absolute atomic E-state index is 0.00993. The number of amides is 2. The van der Waals surface area contributed by atoms with Crippen LogP contribution >= 0.6 is 0 Å². The summed E-state index contributed by atoms with van der Waals surface area (Å²) in [4.78, 5) is 27.8. The van der Waals surface area contributed by atoms with Crippen LogP contribution in [0, 0.1) is 0 Å². The van der Waals surface area contributed by atoms with Gasteiger partial charge in [0.05, 0.1) is 12.5 Å². The highest BCUT2D eigenvalue weighted by molar-refractivity contribution is 6.06. The Hall–Kier alpha value is -0.940. The fraction of sp³-hybridized carbons (Fsp3) is 0.846. The molecule has 0 bridgehead atoms. The van der Waals surface area contributed by atoms with Gasteiger partial charge in [-0.15, -0.1) is 0 Å². The molecular weight excluding hydrogens is 230 g/mol. The molecule has 1 saturated carbocycles. The third-order valence-electron chi connectivity index (χ3n) is 4.16. The summed E-state index contributed by atoms with van der Waals surface area (Å²) in [6.45, 7) is 2.10. The summed E-state index contributed by atoms with van der Waals surface area (Å²) in [5, 5.41) is 3.39. The lowest BCUT2D eigenvalue weighted by Crippen LogP contribution is -2.50. The highest BCUT2D eigenvalue weighted by Crippen LogP contribution is 2.31. The molecule has 3 fully saturated rings.